The number of nitrogens with two attached hydrogens (primary N) is 1. The van der Waals surface area contributed by atoms with Crippen molar-refractivity contribution in [3.8, 4) is 0 Å². The van der Waals surface area contributed by atoms with Crippen molar-refractivity contribution in [2.75, 3.05) is 7.05 Å². The largest absolute Gasteiger partial charge is 0.323 e. The highest BCUT2D eigenvalue weighted by atomic mass is 15.1. The third-order valence-electron chi connectivity index (χ3n) is 0.614. The maximum absolute atomic E-state index is 4.79. The van der Waals surface area contributed by atoms with Crippen LogP contribution in [0.5, 0.6) is 0 Å². The molecule has 0 bridgehead atoms. The van der Waals surface area contributed by atoms with Crippen LogP contribution >= 0.6 is 0 Å². The Hall–Kier alpha value is -0.860. The van der Waals surface area contributed by atoms with Crippen molar-refractivity contribution in [1.29, 1.82) is 0 Å². The van der Waals surface area contributed by atoms with Crippen LogP contribution in [0, 0.1) is 0 Å². The third-order valence-corrected chi connectivity index (χ3v) is 0.614. The Morgan fingerprint density at radius 2 is 2.29 bits per heavy atom. The Morgan fingerprint density at radius 1 is 1.71 bits per heavy atom. The topological polar surface area (TPSA) is 50.7 Å². The number of aliphatic imine (C=N–C) groups is 1. The van der Waals surface area contributed by atoms with Gasteiger partial charge < -0.3 is 5.84 Å². The minimum atomic E-state index is 0.836. The molecule has 0 aliphatic heterocycles. The summed E-state index contributed by atoms with van der Waals surface area (Å²) in [5.41, 5.74) is 0.836. The Kier molecular flexibility index (Phi) is 2.92. The monoisotopic (exact) mass is 99.1 g/mol. The van der Waals surface area contributed by atoms with Crippen LogP contribution in [0.15, 0.2) is 10.1 Å². The van der Waals surface area contributed by atoms with Gasteiger partial charge in [-0.15, -0.1) is 0 Å². The Labute approximate surface area is 42.9 Å². The molecule has 0 spiro atoms. The molecule has 0 fully saturated rings. The average molecular weight is 99.1 g/mol. The highest BCUT2D eigenvalue weighted by Gasteiger charge is 1.73. The smallest absolute Gasteiger partial charge is 0.0673 e. The molecule has 3 heteroatoms. The standard InChI is InChI=1S/C4H9N3/c1-4(6-2)3-7-5/h3H,5H2,1-2H3/b6-4?,7-3-. The summed E-state index contributed by atoms with van der Waals surface area (Å²) in [7, 11) is 1.69. The van der Waals surface area contributed by atoms with Gasteiger partial charge in [-0.1, -0.05) is 0 Å². The molecule has 0 aliphatic carbocycles. The van der Waals surface area contributed by atoms with Gasteiger partial charge in [0.05, 0.1) is 11.9 Å². The van der Waals surface area contributed by atoms with Crippen LogP contribution in [0.25, 0.3) is 0 Å². The van der Waals surface area contributed by atoms with Crippen molar-refractivity contribution in [1.82, 2.24) is 0 Å². The highest BCUT2D eigenvalue weighted by Crippen LogP contribution is 1.64. The van der Waals surface area contributed by atoms with E-state index in [4.69, 9.17) is 5.84 Å². The van der Waals surface area contributed by atoms with Gasteiger partial charge in [0.1, 0.15) is 0 Å². The van der Waals surface area contributed by atoms with Gasteiger partial charge in [0.25, 0.3) is 0 Å². The van der Waals surface area contributed by atoms with Crippen molar-refractivity contribution in [3.05, 3.63) is 0 Å². The average Bonchev–Trinajstić information content (AvgIpc) is 1.68. The molecule has 0 radical (unpaired) electrons. The maximum Gasteiger partial charge on any atom is 0.0673 e. The second-order valence-corrected chi connectivity index (χ2v) is 1.14. The van der Waals surface area contributed by atoms with Crippen LogP contribution in [-0.2, 0) is 0 Å². The molecule has 0 amide bonds. The molecule has 0 aromatic heterocycles. The zero-order chi connectivity index (χ0) is 5.70. The first-order chi connectivity index (χ1) is 3.31. The van der Waals surface area contributed by atoms with Crippen LogP contribution in [0.3, 0.4) is 0 Å². The van der Waals surface area contributed by atoms with Crippen LogP contribution in [0.2, 0.25) is 0 Å². The molecule has 0 aromatic rings. The lowest BCUT2D eigenvalue weighted by Crippen LogP contribution is -1.94. The van der Waals surface area contributed by atoms with Crippen molar-refractivity contribution in [2.24, 2.45) is 15.9 Å². The van der Waals surface area contributed by atoms with Gasteiger partial charge in [0.15, 0.2) is 0 Å². The molecular formula is C4H9N3. The fourth-order valence-electron chi connectivity index (χ4n) is 0.166. The zero-order valence-electron chi connectivity index (χ0n) is 4.55. The number of nitrogens with zero attached hydrogens (tertiary/aromatic N) is 2. The second kappa shape index (κ2) is 3.33. The van der Waals surface area contributed by atoms with Gasteiger partial charge in [-0.05, 0) is 6.92 Å². The van der Waals surface area contributed by atoms with Crippen molar-refractivity contribution in [2.45, 2.75) is 6.92 Å². The molecule has 0 aromatic carbocycles. The van der Waals surface area contributed by atoms with Gasteiger partial charge in [0.2, 0.25) is 0 Å². The van der Waals surface area contributed by atoms with Crippen LogP contribution in [0.4, 0.5) is 0 Å². The first-order valence-electron chi connectivity index (χ1n) is 1.98. The second-order valence-electron chi connectivity index (χ2n) is 1.14. The van der Waals surface area contributed by atoms with Gasteiger partial charge in [-0.3, -0.25) is 4.99 Å². The van der Waals surface area contributed by atoms with Crippen LogP contribution < -0.4 is 5.84 Å². The molecular weight excluding hydrogens is 90.1 g/mol. The van der Waals surface area contributed by atoms with Crippen molar-refractivity contribution < 1.29 is 0 Å². The number of hydrogen-bond acceptors (Lipinski definition) is 3. The van der Waals surface area contributed by atoms with Crippen LogP contribution in [0.1, 0.15) is 6.92 Å². The third kappa shape index (κ3) is 2.96. The fraction of sp³-hybridized carbons (Fsp3) is 0.500. The van der Waals surface area contributed by atoms with Crippen molar-refractivity contribution >= 4 is 11.9 Å². The zero-order valence-corrected chi connectivity index (χ0v) is 4.55. The molecule has 0 unspecified atom stereocenters. The van der Waals surface area contributed by atoms with E-state index in [0.717, 1.165) is 5.71 Å². The predicted octanol–water partition coefficient (Wildman–Crippen LogP) is 0.0216. The summed E-state index contributed by atoms with van der Waals surface area (Å²) >= 11 is 0. The summed E-state index contributed by atoms with van der Waals surface area (Å²) in [5.74, 6) is 4.79. The van der Waals surface area contributed by atoms with E-state index in [2.05, 4.69) is 10.1 Å². The Bertz CT molecular complexity index is 93.1. The lowest BCUT2D eigenvalue weighted by Gasteiger charge is -1.79. The van der Waals surface area contributed by atoms with E-state index < -0.39 is 0 Å². The quantitative estimate of drug-likeness (QED) is 0.281. The summed E-state index contributed by atoms with van der Waals surface area (Å²) in [5, 5.41) is 3.25. The van der Waals surface area contributed by atoms with Gasteiger partial charge >= 0.3 is 0 Å². The van der Waals surface area contributed by atoms with E-state index >= 15 is 0 Å². The summed E-state index contributed by atoms with van der Waals surface area (Å²) < 4.78 is 0. The molecule has 7 heavy (non-hydrogen) atoms. The lowest BCUT2D eigenvalue weighted by molar-refractivity contribution is 1.27. The predicted molar refractivity (Wildman–Crippen MR) is 31.7 cm³/mol. The summed E-state index contributed by atoms with van der Waals surface area (Å²) in [6.07, 6.45) is 1.50. The number of hydrogen-bond donors (Lipinski definition) is 1. The molecule has 3 nitrogen and oxygen atoms in total. The Balaban J connectivity index is 3.58. The van der Waals surface area contributed by atoms with Gasteiger partial charge in [-0.2, -0.15) is 5.10 Å². The molecule has 0 aliphatic rings. The summed E-state index contributed by atoms with van der Waals surface area (Å²) in [6, 6.07) is 0. The minimum absolute atomic E-state index is 0.836. The highest BCUT2D eigenvalue weighted by molar-refractivity contribution is 6.29. The first-order valence-corrected chi connectivity index (χ1v) is 1.98. The summed E-state index contributed by atoms with van der Waals surface area (Å²) in [6.45, 7) is 1.83. The molecule has 0 saturated carbocycles. The van der Waals surface area contributed by atoms with Crippen LogP contribution in [-0.4, -0.2) is 19.0 Å². The van der Waals surface area contributed by atoms with E-state index in [1.54, 1.807) is 7.05 Å². The molecule has 0 rings (SSSR count). The van der Waals surface area contributed by atoms with Crippen molar-refractivity contribution in [3.63, 3.8) is 0 Å². The molecule has 2 N–H and O–H groups in total. The number of rotatable bonds is 1. The molecule has 0 saturated heterocycles. The Morgan fingerprint density at radius 3 is 2.43 bits per heavy atom. The molecule has 0 atom stereocenters. The SMILES string of the molecule is CN=C(C)/C=N\N. The van der Waals surface area contributed by atoms with Gasteiger partial charge in [0, 0.05) is 7.05 Å². The first kappa shape index (κ1) is 6.14. The maximum atomic E-state index is 4.79. The van der Waals surface area contributed by atoms with E-state index in [9.17, 15) is 0 Å². The summed E-state index contributed by atoms with van der Waals surface area (Å²) in [4.78, 5) is 3.77. The van der Waals surface area contributed by atoms with E-state index in [-0.39, 0.29) is 0 Å². The molecule has 40 valence electrons. The number of hydrazone groups is 1. The van der Waals surface area contributed by atoms with Gasteiger partial charge in [-0.25, -0.2) is 0 Å². The van der Waals surface area contributed by atoms with E-state index in [1.165, 1.54) is 6.21 Å². The molecule has 0 heterocycles. The van der Waals surface area contributed by atoms with E-state index in [1.807, 2.05) is 6.92 Å². The minimum Gasteiger partial charge on any atom is -0.323 e. The fourth-order valence-corrected chi connectivity index (χ4v) is 0.166. The lowest BCUT2D eigenvalue weighted by atomic mass is 10.5. The van der Waals surface area contributed by atoms with E-state index in [0.29, 0.717) is 0 Å². The normalized spacial score (nSPS) is 13.1.